The van der Waals surface area contributed by atoms with Crippen LogP contribution >= 0.6 is 11.6 Å². The smallest absolute Gasteiger partial charge is 0.347 e. The van der Waals surface area contributed by atoms with E-state index >= 15 is 0 Å². The summed E-state index contributed by atoms with van der Waals surface area (Å²) in [5.41, 5.74) is 2.03. The normalized spacial score (nSPS) is 12.7. The molecule has 0 spiro atoms. The second-order valence-corrected chi connectivity index (χ2v) is 5.49. The number of carbonyl (C=O) groups excluding carboxylic acids is 1. The fourth-order valence-corrected chi connectivity index (χ4v) is 2.12. The third-order valence-electron chi connectivity index (χ3n) is 3.39. The van der Waals surface area contributed by atoms with Gasteiger partial charge < -0.3 is 9.84 Å². The lowest BCUT2D eigenvalue weighted by Crippen LogP contribution is -2.29. The molecular weight excluding hydrogens is 326 g/mol. The van der Waals surface area contributed by atoms with Gasteiger partial charge in [0.1, 0.15) is 11.9 Å². The molecule has 0 bridgehead atoms. The molecule has 3 nitrogen and oxygen atoms in total. The van der Waals surface area contributed by atoms with E-state index in [1.54, 1.807) is 19.2 Å². The Hall–Kier alpha value is -1.98. The number of alkyl halides is 3. The van der Waals surface area contributed by atoms with Crippen LogP contribution in [0.15, 0.2) is 48.5 Å². The molecule has 0 unspecified atom stereocenters. The van der Waals surface area contributed by atoms with Crippen LogP contribution in [-0.2, 0) is 0 Å². The molecule has 0 aromatic heterocycles. The lowest BCUT2D eigenvalue weighted by Gasteiger charge is -2.15. The summed E-state index contributed by atoms with van der Waals surface area (Å²) in [6.07, 6.45) is -2.95. The molecule has 0 aliphatic heterocycles. The van der Waals surface area contributed by atoms with E-state index in [2.05, 4.69) is 0 Å². The fourth-order valence-electron chi connectivity index (χ4n) is 2.04. The van der Waals surface area contributed by atoms with Gasteiger partial charge in [0.05, 0.1) is 7.11 Å². The Kier molecular flexibility index (Phi) is 5.34. The first-order chi connectivity index (χ1) is 10.8. The first-order valence-corrected chi connectivity index (χ1v) is 7.21. The van der Waals surface area contributed by atoms with Gasteiger partial charge >= 0.3 is 5.38 Å². The third-order valence-corrected chi connectivity index (χ3v) is 3.64. The van der Waals surface area contributed by atoms with Crippen LogP contribution in [0.5, 0.6) is 5.75 Å². The second kappa shape index (κ2) is 7.06. The summed E-state index contributed by atoms with van der Waals surface area (Å²) in [5, 5.41) is 5.36. The van der Waals surface area contributed by atoms with E-state index in [1.165, 1.54) is 12.1 Å². The molecule has 2 rings (SSSR count). The highest BCUT2D eigenvalue weighted by molar-refractivity contribution is 6.22. The topological polar surface area (TPSA) is 46.5 Å². The zero-order chi connectivity index (χ0) is 17.0. The Morgan fingerprint density at radius 1 is 1.13 bits per heavy atom. The first-order valence-electron chi connectivity index (χ1n) is 6.83. The maximum atomic E-state index is 12.7. The van der Waals surface area contributed by atoms with Gasteiger partial charge in [0.2, 0.25) is 0 Å². The molecule has 0 heterocycles. The Bertz CT molecular complexity index is 664. The summed E-state index contributed by atoms with van der Waals surface area (Å²) >= 11 is 4.70. The molecule has 0 fully saturated rings. The number of aliphatic hydroxyl groups excluding tert-OH is 1. The van der Waals surface area contributed by atoms with Crippen molar-refractivity contribution in [1.29, 1.82) is 0 Å². The van der Waals surface area contributed by atoms with Crippen LogP contribution in [0.3, 0.4) is 0 Å². The van der Waals surface area contributed by atoms with Crippen LogP contribution in [0.2, 0.25) is 0 Å². The molecule has 2 aromatic carbocycles. The van der Waals surface area contributed by atoms with E-state index in [0.717, 1.165) is 16.9 Å². The van der Waals surface area contributed by atoms with Crippen LogP contribution in [0, 0.1) is 0 Å². The predicted molar refractivity (Wildman–Crippen MR) is 84.2 cm³/mol. The molecule has 0 amide bonds. The number of hydrogen-bond donors (Lipinski definition) is 1. The highest BCUT2D eigenvalue weighted by atomic mass is 35.5. The standard InChI is InChI=1S/C17H15ClF2O3/c1-23-14-8-6-12(7-9-14)11-2-4-13(5-3-11)15(21)10-16(22)17(18,19)20/h2-9,16,22H,10H2,1H3/t16-/m0/s1. The van der Waals surface area contributed by atoms with Crippen LogP contribution in [-0.4, -0.2) is 29.5 Å². The summed E-state index contributed by atoms with van der Waals surface area (Å²) in [5.74, 6) is 0.135. The highest BCUT2D eigenvalue weighted by Crippen LogP contribution is 2.27. The zero-order valence-corrected chi connectivity index (χ0v) is 13.1. The van der Waals surface area contributed by atoms with Crippen molar-refractivity contribution in [3.63, 3.8) is 0 Å². The Balaban J connectivity index is 2.11. The molecular formula is C17H15ClF2O3. The van der Waals surface area contributed by atoms with Gasteiger partial charge in [0.15, 0.2) is 5.78 Å². The Labute approximate surface area is 137 Å². The number of carbonyl (C=O) groups is 1. The molecule has 0 aliphatic rings. The molecule has 1 N–H and O–H groups in total. The minimum atomic E-state index is -3.82. The monoisotopic (exact) mass is 340 g/mol. The van der Waals surface area contributed by atoms with Gasteiger partial charge in [-0.3, -0.25) is 4.79 Å². The Morgan fingerprint density at radius 3 is 2.04 bits per heavy atom. The molecule has 0 aliphatic carbocycles. The van der Waals surface area contributed by atoms with Gasteiger partial charge in [-0.1, -0.05) is 36.4 Å². The number of methoxy groups -OCH3 is 1. The summed E-state index contributed by atoms with van der Waals surface area (Å²) in [4.78, 5) is 11.9. The number of ether oxygens (including phenoxy) is 1. The van der Waals surface area contributed by atoms with Crippen molar-refractivity contribution >= 4 is 17.4 Å². The highest BCUT2D eigenvalue weighted by Gasteiger charge is 2.37. The minimum Gasteiger partial charge on any atom is -0.497 e. The number of ketones is 1. The largest absolute Gasteiger partial charge is 0.497 e. The SMILES string of the molecule is COc1ccc(-c2ccc(C(=O)C[C@H](O)C(F)(F)Cl)cc2)cc1. The van der Waals surface area contributed by atoms with Gasteiger partial charge in [-0.15, -0.1) is 0 Å². The number of benzene rings is 2. The minimum absolute atomic E-state index is 0.238. The molecule has 1 atom stereocenters. The molecule has 23 heavy (non-hydrogen) atoms. The number of Topliss-reactive ketones (excluding diaryl/α,β-unsaturated/α-hetero) is 1. The van der Waals surface area contributed by atoms with Crippen LogP contribution in [0.1, 0.15) is 16.8 Å². The number of halogens is 3. The van der Waals surface area contributed by atoms with Crippen molar-refractivity contribution in [1.82, 2.24) is 0 Å². The van der Waals surface area contributed by atoms with Gasteiger partial charge in [-0.2, -0.15) is 8.78 Å². The van der Waals surface area contributed by atoms with E-state index in [9.17, 15) is 18.7 Å². The summed E-state index contributed by atoms with van der Waals surface area (Å²) in [7, 11) is 1.58. The average molecular weight is 341 g/mol. The first kappa shape index (κ1) is 17.4. The van der Waals surface area contributed by atoms with Crippen molar-refractivity contribution in [3.8, 4) is 16.9 Å². The third kappa shape index (κ3) is 4.50. The van der Waals surface area contributed by atoms with Gasteiger partial charge in [-0.25, -0.2) is 0 Å². The maximum Gasteiger partial charge on any atom is 0.347 e. The predicted octanol–water partition coefficient (Wildman–Crippen LogP) is 4.13. The number of hydrogen-bond acceptors (Lipinski definition) is 3. The van der Waals surface area contributed by atoms with Crippen molar-refractivity contribution in [2.45, 2.75) is 17.9 Å². The van der Waals surface area contributed by atoms with Crippen LogP contribution in [0.25, 0.3) is 11.1 Å². The molecule has 122 valence electrons. The maximum absolute atomic E-state index is 12.7. The van der Waals surface area contributed by atoms with Gasteiger partial charge in [0, 0.05) is 12.0 Å². The van der Waals surface area contributed by atoms with Gasteiger partial charge in [-0.05, 0) is 34.9 Å². The van der Waals surface area contributed by atoms with E-state index in [-0.39, 0.29) is 5.56 Å². The lowest BCUT2D eigenvalue weighted by atomic mass is 10.0. The van der Waals surface area contributed by atoms with E-state index in [1.807, 2.05) is 24.3 Å². The Morgan fingerprint density at radius 2 is 1.61 bits per heavy atom. The number of rotatable bonds is 6. The van der Waals surface area contributed by atoms with Crippen LogP contribution in [0.4, 0.5) is 8.78 Å². The van der Waals surface area contributed by atoms with E-state index in [4.69, 9.17) is 16.3 Å². The summed E-state index contributed by atoms with van der Waals surface area (Å²) in [6.45, 7) is 0. The van der Waals surface area contributed by atoms with E-state index in [0.29, 0.717) is 0 Å². The molecule has 2 aromatic rings. The fraction of sp³-hybridized carbons (Fsp3) is 0.235. The summed E-state index contributed by atoms with van der Waals surface area (Å²) in [6, 6.07) is 13.8. The molecule has 0 radical (unpaired) electrons. The zero-order valence-electron chi connectivity index (χ0n) is 12.3. The van der Waals surface area contributed by atoms with Gasteiger partial charge in [0.25, 0.3) is 0 Å². The quantitative estimate of drug-likeness (QED) is 0.635. The van der Waals surface area contributed by atoms with Crippen molar-refractivity contribution in [2.24, 2.45) is 0 Å². The van der Waals surface area contributed by atoms with Crippen molar-refractivity contribution in [3.05, 3.63) is 54.1 Å². The van der Waals surface area contributed by atoms with Crippen molar-refractivity contribution in [2.75, 3.05) is 7.11 Å². The molecule has 0 saturated carbocycles. The van der Waals surface area contributed by atoms with E-state index < -0.39 is 23.7 Å². The lowest BCUT2D eigenvalue weighted by molar-refractivity contribution is -0.0405. The van der Waals surface area contributed by atoms with Crippen LogP contribution < -0.4 is 4.74 Å². The van der Waals surface area contributed by atoms with Crippen molar-refractivity contribution < 1.29 is 23.4 Å². The summed E-state index contributed by atoms with van der Waals surface area (Å²) < 4.78 is 30.5. The molecule has 6 heteroatoms. The molecule has 0 saturated heterocycles. The second-order valence-electron chi connectivity index (χ2n) is 4.99. The number of aliphatic hydroxyl groups is 1. The average Bonchev–Trinajstić information content (AvgIpc) is 2.54.